The summed E-state index contributed by atoms with van der Waals surface area (Å²) in [5, 5.41) is 3.03. The number of carbonyl (C=O) groups excluding carboxylic acids is 1. The van der Waals surface area contributed by atoms with Gasteiger partial charge in [0.05, 0.1) is 0 Å². The lowest BCUT2D eigenvalue weighted by Crippen LogP contribution is -2.30. The Morgan fingerprint density at radius 1 is 1.21 bits per heavy atom. The van der Waals surface area contributed by atoms with Crippen LogP contribution in [-0.4, -0.2) is 19.2 Å². The minimum absolute atomic E-state index is 0.221. The standard InChI is InChI=1S/C15H19NO3/c17-15(12-3-1-2-4-12)16-8-7-11-5-6-13-14(9-11)19-10-18-13/h5-6,9,12H,1-4,7-8,10H2,(H,16,17). The third-order valence-electron chi connectivity index (χ3n) is 3.88. The van der Waals surface area contributed by atoms with Crippen LogP contribution >= 0.6 is 0 Å². The van der Waals surface area contributed by atoms with Gasteiger partial charge in [0.25, 0.3) is 0 Å². The molecule has 0 atom stereocenters. The number of benzene rings is 1. The molecule has 19 heavy (non-hydrogen) atoms. The lowest BCUT2D eigenvalue weighted by atomic mass is 10.1. The van der Waals surface area contributed by atoms with Gasteiger partial charge in [-0.2, -0.15) is 0 Å². The second-order valence-electron chi connectivity index (χ2n) is 5.21. The number of ether oxygens (including phenoxy) is 2. The fraction of sp³-hybridized carbons (Fsp3) is 0.533. The first kappa shape index (κ1) is 12.3. The van der Waals surface area contributed by atoms with Crippen LogP contribution in [0.4, 0.5) is 0 Å². The molecule has 0 saturated heterocycles. The maximum Gasteiger partial charge on any atom is 0.231 e. The van der Waals surface area contributed by atoms with E-state index in [0.717, 1.165) is 36.3 Å². The molecule has 1 heterocycles. The topological polar surface area (TPSA) is 47.6 Å². The van der Waals surface area contributed by atoms with E-state index in [-0.39, 0.29) is 11.8 Å². The van der Waals surface area contributed by atoms with Gasteiger partial charge < -0.3 is 14.8 Å². The molecule has 0 spiro atoms. The zero-order valence-corrected chi connectivity index (χ0v) is 11.0. The van der Waals surface area contributed by atoms with Crippen molar-refractivity contribution in [2.45, 2.75) is 32.1 Å². The Morgan fingerprint density at radius 3 is 2.84 bits per heavy atom. The van der Waals surface area contributed by atoms with Gasteiger partial charge in [-0.3, -0.25) is 4.79 Å². The fourth-order valence-corrected chi connectivity index (χ4v) is 2.76. The molecule has 0 bridgehead atoms. The third-order valence-corrected chi connectivity index (χ3v) is 3.88. The summed E-state index contributed by atoms with van der Waals surface area (Å²) in [7, 11) is 0. The summed E-state index contributed by atoms with van der Waals surface area (Å²) in [6.45, 7) is 0.992. The Kier molecular flexibility index (Phi) is 3.58. The zero-order chi connectivity index (χ0) is 13.1. The first-order chi connectivity index (χ1) is 9.33. The van der Waals surface area contributed by atoms with Crippen molar-refractivity contribution >= 4 is 5.91 Å². The van der Waals surface area contributed by atoms with Crippen molar-refractivity contribution in [3.8, 4) is 11.5 Å². The van der Waals surface area contributed by atoms with Crippen molar-refractivity contribution in [2.24, 2.45) is 5.92 Å². The van der Waals surface area contributed by atoms with E-state index in [1.54, 1.807) is 0 Å². The predicted molar refractivity (Wildman–Crippen MR) is 71.2 cm³/mol. The van der Waals surface area contributed by atoms with Crippen LogP contribution in [0.3, 0.4) is 0 Å². The highest BCUT2D eigenvalue weighted by molar-refractivity contribution is 5.78. The minimum Gasteiger partial charge on any atom is -0.454 e. The van der Waals surface area contributed by atoms with E-state index in [9.17, 15) is 4.79 Å². The summed E-state index contributed by atoms with van der Waals surface area (Å²) < 4.78 is 10.6. The molecule has 0 radical (unpaired) electrons. The number of fused-ring (bicyclic) bond motifs is 1. The van der Waals surface area contributed by atoms with E-state index in [1.807, 2.05) is 18.2 Å². The molecule has 1 saturated carbocycles. The highest BCUT2D eigenvalue weighted by Gasteiger charge is 2.22. The average Bonchev–Trinajstić information content (AvgIpc) is 3.09. The van der Waals surface area contributed by atoms with E-state index < -0.39 is 0 Å². The van der Waals surface area contributed by atoms with Gasteiger partial charge in [0.15, 0.2) is 11.5 Å². The van der Waals surface area contributed by atoms with E-state index in [4.69, 9.17) is 9.47 Å². The van der Waals surface area contributed by atoms with Gasteiger partial charge in [0.2, 0.25) is 12.7 Å². The molecule has 1 aliphatic heterocycles. The Balaban J connectivity index is 1.48. The molecule has 0 aromatic heterocycles. The van der Waals surface area contributed by atoms with E-state index in [2.05, 4.69) is 5.32 Å². The van der Waals surface area contributed by atoms with Crippen LogP contribution in [0.25, 0.3) is 0 Å². The van der Waals surface area contributed by atoms with Crippen molar-refractivity contribution in [2.75, 3.05) is 13.3 Å². The summed E-state index contributed by atoms with van der Waals surface area (Å²) in [4.78, 5) is 11.9. The quantitative estimate of drug-likeness (QED) is 0.904. The van der Waals surface area contributed by atoms with Crippen molar-refractivity contribution < 1.29 is 14.3 Å². The second kappa shape index (κ2) is 5.51. The minimum atomic E-state index is 0.221. The van der Waals surface area contributed by atoms with E-state index in [1.165, 1.54) is 12.8 Å². The molecule has 4 nitrogen and oxygen atoms in total. The number of rotatable bonds is 4. The van der Waals surface area contributed by atoms with Crippen molar-refractivity contribution in [3.63, 3.8) is 0 Å². The van der Waals surface area contributed by atoms with Crippen LogP contribution in [0.2, 0.25) is 0 Å². The first-order valence-corrected chi connectivity index (χ1v) is 6.99. The third kappa shape index (κ3) is 2.83. The molecule has 1 aromatic rings. The van der Waals surface area contributed by atoms with Crippen LogP contribution in [0, 0.1) is 5.92 Å². The summed E-state index contributed by atoms with van der Waals surface area (Å²) in [6.07, 6.45) is 5.32. The maximum atomic E-state index is 11.9. The summed E-state index contributed by atoms with van der Waals surface area (Å²) in [5.74, 6) is 2.08. The van der Waals surface area contributed by atoms with E-state index in [0.29, 0.717) is 13.3 Å². The lowest BCUT2D eigenvalue weighted by Gasteiger charge is -2.10. The Morgan fingerprint density at radius 2 is 2.00 bits per heavy atom. The number of hydrogen-bond donors (Lipinski definition) is 1. The number of carbonyl (C=O) groups is 1. The van der Waals surface area contributed by atoms with Gasteiger partial charge in [-0.15, -0.1) is 0 Å². The summed E-state index contributed by atoms with van der Waals surface area (Å²) >= 11 is 0. The molecule has 1 aromatic carbocycles. The van der Waals surface area contributed by atoms with Gasteiger partial charge in [-0.05, 0) is 37.0 Å². The van der Waals surface area contributed by atoms with Crippen LogP contribution in [0.1, 0.15) is 31.2 Å². The van der Waals surface area contributed by atoms with Crippen LogP contribution in [0.5, 0.6) is 11.5 Å². The van der Waals surface area contributed by atoms with Crippen LogP contribution in [-0.2, 0) is 11.2 Å². The summed E-state index contributed by atoms with van der Waals surface area (Å²) in [5.41, 5.74) is 1.16. The predicted octanol–water partition coefficient (Wildman–Crippen LogP) is 2.26. The fourth-order valence-electron chi connectivity index (χ4n) is 2.76. The van der Waals surface area contributed by atoms with Gasteiger partial charge in [-0.1, -0.05) is 18.9 Å². The average molecular weight is 261 g/mol. The lowest BCUT2D eigenvalue weighted by molar-refractivity contribution is -0.124. The SMILES string of the molecule is O=C(NCCc1ccc2c(c1)OCO2)C1CCCC1. The molecule has 2 aliphatic rings. The monoisotopic (exact) mass is 261 g/mol. The normalized spacial score (nSPS) is 17.7. The highest BCUT2D eigenvalue weighted by Crippen LogP contribution is 2.32. The molecule has 102 valence electrons. The molecule has 1 N–H and O–H groups in total. The van der Waals surface area contributed by atoms with Gasteiger partial charge >= 0.3 is 0 Å². The molecule has 4 heteroatoms. The molecular formula is C15H19NO3. The summed E-state index contributed by atoms with van der Waals surface area (Å²) in [6, 6.07) is 5.94. The smallest absolute Gasteiger partial charge is 0.231 e. The van der Waals surface area contributed by atoms with Crippen molar-refractivity contribution in [1.82, 2.24) is 5.32 Å². The number of amides is 1. The highest BCUT2D eigenvalue weighted by atomic mass is 16.7. The Labute approximate surface area is 113 Å². The Bertz CT molecular complexity index is 466. The molecule has 1 amide bonds. The molecule has 3 rings (SSSR count). The number of nitrogens with one attached hydrogen (secondary N) is 1. The van der Waals surface area contributed by atoms with Crippen molar-refractivity contribution in [3.05, 3.63) is 23.8 Å². The molecular weight excluding hydrogens is 242 g/mol. The van der Waals surface area contributed by atoms with Crippen LogP contribution < -0.4 is 14.8 Å². The molecule has 1 aliphatic carbocycles. The van der Waals surface area contributed by atoms with Crippen LogP contribution in [0.15, 0.2) is 18.2 Å². The molecule has 0 unspecified atom stereocenters. The second-order valence-corrected chi connectivity index (χ2v) is 5.21. The van der Waals surface area contributed by atoms with Gasteiger partial charge in [0, 0.05) is 12.5 Å². The van der Waals surface area contributed by atoms with Crippen molar-refractivity contribution in [1.29, 1.82) is 0 Å². The van der Waals surface area contributed by atoms with Gasteiger partial charge in [0.1, 0.15) is 0 Å². The van der Waals surface area contributed by atoms with E-state index >= 15 is 0 Å². The maximum absolute atomic E-state index is 11.9. The largest absolute Gasteiger partial charge is 0.454 e. The number of hydrogen-bond acceptors (Lipinski definition) is 3. The Hall–Kier alpha value is -1.71. The molecule has 1 fully saturated rings. The van der Waals surface area contributed by atoms with Gasteiger partial charge in [-0.25, -0.2) is 0 Å². The zero-order valence-electron chi connectivity index (χ0n) is 11.0. The first-order valence-electron chi connectivity index (χ1n) is 6.99.